The van der Waals surface area contributed by atoms with E-state index in [1.165, 1.54) is 0 Å². The van der Waals surface area contributed by atoms with Gasteiger partial charge in [-0.2, -0.15) is 5.26 Å². The predicted molar refractivity (Wildman–Crippen MR) is 83.6 cm³/mol. The number of carbonyl (C=O) groups excluding carboxylic acids is 1. The largest absolute Gasteiger partial charge is 0.390 e. The van der Waals surface area contributed by atoms with Crippen molar-refractivity contribution >= 4 is 17.1 Å². The molecule has 2 aromatic heterocycles. The molecule has 1 aliphatic rings. The normalized spacial score (nSPS) is 16.1. The number of aromatic amines is 1. The van der Waals surface area contributed by atoms with E-state index in [9.17, 15) is 9.90 Å². The van der Waals surface area contributed by atoms with Crippen LogP contribution in [0.5, 0.6) is 0 Å². The second-order valence-corrected chi connectivity index (χ2v) is 6.53. The van der Waals surface area contributed by atoms with Crippen LogP contribution in [0.4, 0.5) is 0 Å². The van der Waals surface area contributed by atoms with E-state index in [0.29, 0.717) is 22.6 Å². The van der Waals surface area contributed by atoms with Gasteiger partial charge in [0.2, 0.25) is 0 Å². The second-order valence-electron chi connectivity index (χ2n) is 6.53. The summed E-state index contributed by atoms with van der Waals surface area (Å²) in [5, 5.41) is 21.6. The molecule has 120 valence electrons. The molecule has 7 heteroatoms. The Balaban J connectivity index is 1.76. The fraction of sp³-hybridized carbons (Fsp3) is 0.500. The number of carbonyl (C=O) groups is 1. The van der Waals surface area contributed by atoms with E-state index < -0.39 is 11.5 Å². The van der Waals surface area contributed by atoms with Crippen molar-refractivity contribution < 1.29 is 9.90 Å². The number of H-pyrrole nitrogens is 1. The number of nitrogens with one attached hydrogen (secondary N) is 2. The van der Waals surface area contributed by atoms with Gasteiger partial charge in [-0.3, -0.25) is 4.79 Å². The van der Waals surface area contributed by atoms with Gasteiger partial charge in [-0.25, -0.2) is 9.97 Å². The Kier molecular flexibility index (Phi) is 3.78. The van der Waals surface area contributed by atoms with Gasteiger partial charge in [0.15, 0.2) is 5.65 Å². The van der Waals surface area contributed by atoms with Crippen molar-refractivity contribution in [3.63, 3.8) is 0 Å². The molecule has 3 rings (SSSR count). The molecule has 0 radical (unpaired) electrons. The number of aliphatic hydroxyl groups is 1. The van der Waals surface area contributed by atoms with E-state index in [1.807, 2.05) is 6.07 Å². The number of nitriles is 1. The van der Waals surface area contributed by atoms with Crippen LogP contribution in [0.1, 0.15) is 48.7 Å². The zero-order valence-corrected chi connectivity index (χ0v) is 13.1. The van der Waals surface area contributed by atoms with Gasteiger partial charge in [0, 0.05) is 18.7 Å². The molecule has 7 nitrogen and oxygen atoms in total. The number of hydrogen-bond acceptors (Lipinski definition) is 5. The van der Waals surface area contributed by atoms with Crippen molar-refractivity contribution in [1.82, 2.24) is 20.3 Å². The Labute approximate surface area is 133 Å². The van der Waals surface area contributed by atoms with E-state index in [2.05, 4.69) is 20.3 Å². The van der Waals surface area contributed by atoms with Crippen LogP contribution in [0.3, 0.4) is 0 Å². The molecule has 23 heavy (non-hydrogen) atoms. The van der Waals surface area contributed by atoms with Gasteiger partial charge in [0.25, 0.3) is 5.91 Å². The van der Waals surface area contributed by atoms with E-state index in [0.717, 1.165) is 18.5 Å². The third-order valence-electron chi connectivity index (χ3n) is 4.22. The van der Waals surface area contributed by atoms with Gasteiger partial charge in [-0.1, -0.05) is 0 Å². The quantitative estimate of drug-likeness (QED) is 0.773. The molecule has 1 amide bonds. The zero-order valence-electron chi connectivity index (χ0n) is 13.1. The summed E-state index contributed by atoms with van der Waals surface area (Å²) in [6, 6.07) is 2.03. The van der Waals surface area contributed by atoms with Crippen LogP contribution >= 0.6 is 0 Å². The summed E-state index contributed by atoms with van der Waals surface area (Å²) >= 11 is 0. The molecule has 2 heterocycles. The average molecular weight is 313 g/mol. The third-order valence-corrected chi connectivity index (χ3v) is 4.22. The Morgan fingerprint density at radius 2 is 2.35 bits per heavy atom. The molecule has 2 aromatic rings. The van der Waals surface area contributed by atoms with E-state index in [1.54, 1.807) is 26.2 Å². The van der Waals surface area contributed by atoms with Crippen molar-refractivity contribution in [1.29, 1.82) is 5.26 Å². The van der Waals surface area contributed by atoms with Crippen LogP contribution in [0.2, 0.25) is 0 Å². The molecule has 1 atom stereocenters. The maximum Gasteiger partial charge on any atom is 0.255 e. The molecule has 1 saturated carbocycles. The minimum atomic E-state index is -0.949. The van der Waals surface area contributed by atoms with Crippen LogP contribution in [-0.2, 0) is 0 Å². The zero-order chi connectivity index (χ0) is 16.6. The molecule has 0 unspecified atom stereocenters. The molecule has 1 aliphatic carbocycles. The summed E-state index contributed by atoms with van der Waals surface area (Å²) < 4.78 is 0. The molecular weight excluding hydrogens is 294 g/mol. The van der Waals surface area contributed by atoms with Crippen molar-refractivity contribution in [2.24, 2.45) is 5.41 Å². The predicted octanol–water partition coefficient (Wildman–Crippen LogP) is 1.48. The summed E-state index contributed by atoms with van der Waals surface area (Å²) in [5.41, 5.74) is 1.50. The number of hydrogen-bond donors (Lipinski definition) is 3. The molecule has 0 spiro atoms. The van der Waals surface area contributed by atoms with Crippen LogP contribution in [0.15, 0.2) is 12.4 Å². The first-order valence-corrected chi connectivity index (χ1v) is 7.64. The molecule has 0 aliphatic heterocycles. The molecular formula is C16H19N5O2. The first-order valence-electron chi connectivity index (χ1n) is 7.64. The highest BCUT2D eigenvalue weighted by molar-refractivity contribution is 6.04. The van der Waals surface area contributed by atoms with Crippen molar-refractivity contribution in [2.45, 2.75) is 38.7 Å². The number of rotatable bonds is 5. The molecule has 3 N–H and O–H groups in total. The number of amides is 1. The first-order chi connectivity index (χ1) is 10.9. The van der Waals surface area contributed by atoms with Gasteiger partial charge in [-0.15, -0.1) is 0 Å². The van der Waals surface area contributed by atoms with Crippen LogP contribution in [0, 0.1) is 16.7 Å². The highest BCUT2D eigenvalue weighted by Gasteiger charge is 2.29. The van der Waals surface area contributed by atoms with E-state index in [4.69, 9.17) is 5.26 Å². The lowest BCUT2D eigenvalue weighted by atomic mass is 9.88. The number of aromatic nitrogens is 3. The van der Waals surface area contributed by atoms with Gasteiger partial charge < -0.3 is 15.4 Å². The fourth-order valence-corrected chi connectivity index (χ4v) is 2.27. The summed E-state index contributed by atoms with van der Waals surface area (Å²) in [4.78, 5) is 24.1. The van der Waals surface area contributed by atoms with Crippen LogP contribution < -0.4 is 5.32 Å². The molecule has 0 saturated heterocycles. The molecule has 0 bridgehead atoms. The first kappa shape index (κ1) is 15.4. The Morgan fingerprint density at radius 1 is 1.61 bits per heavy atom. The number of nitrogens with zero attached hydrogens (tertiary/aromatic N) is 3. The van der Waals surface area contributed by atoms with Gasteiger partial charge in [0.1, 0.15) is 5.52 Å². The lowest BCUT2D eigenvalue weighted by Crippen LogP contribution is -2.40. The van der Waals surface area contributed by atoms with Crippen molar-refractivity contribution in [3.8, 4) is 6.07 Å². The second kappa shape index (κ2) is 5.63. The van der Waals surface area contributed by atoms with Gasteiger partial charge in [-0.05, 0) is 26.7 Å². The van der Waals surface area contributed by atoms with Gasteiger partial charge >= 0.3 is 0 Å². The van der Waals surface area contributed by atoms with E-state index in [-0.39, 0.29) is 12.5 Å². The number of fused-ring (bicyclic) bond motifs is 1. The highest BCUT2D eigenvalue weighted by atomic mass is 16.3. The van der Waals surface area contributed by atoms with E-state index >= 15 is 0 Å². The Bertz CT molecular complexity index is 785. The lowest BCUT2D eigenvalue weighted by molar-refractivity contribution is 0.0745. The summed E-state index contributed by atoms with van der Waals surface area (Å²) in [7, 11) is 0. The summed E-state index contributed by atoms with van der Waals surface area (Å²) in [6.45, 7) is 3.26. The third kappa shape index (κ3) is 3.03. The highest BCUT2D eigenvalue weighted by Crippen LogP contribution is 2.39. The standard InChI is InChI=1S/C16H19N5O2/c1-16(2,8-17)12(22)7-20-15(23)10-5-18-14-13(10)21-11(6-19-14)9-3-4-9/h5-6,9,12,22H,3-4,7H2,1-2H3,(H,18,19)(H,20,23)/t12-/m0/s1. The maximum atomic E-state index is 12.3. The van der Waals surface area contributed by atoms with Crippen molar-refractivity contribution in [2.75, 3.05) is 6.54 Å². The minimum absolute atomic E-state index is 0.00180. The minimum Gasteiger partial charge on any atom is -0.390 e. The SMILES string of the molecule is CC(C)(C#N)[C@@H](O)CNC(=O)c1c[nH]c2ncc(C3CC3)nc12. The summed E-state index contributed by atoms with van der Waals surface area (Å²) in [6.07, 6.45) is 4.59. The topological polar surface area (TPSA) is 115 Å². The molecule has 1 fully saturated rings. The average Bonchev–Trinajstić information content (AvgIpc) is 3.31. The van der Waals surface area contributed by atoms with Gasteiger partial charge in [0.05, 0.1) is 35.0 Å². The fourth-order valence-electron chi connectivity index (χ4n) is 2.27. The van der Waals surface area contributed by atoms with Crippen LogP contribution in [-0.4, -0.2) is 38.6 Å². The Morgan fingerprint density at radius 3 is 3.00 bits per heavy atom. The smallest absolute Gasteiger partial charge is 0.255 e. The maximum absolute atomic E-state index is 12.3. The monoisotopic (exact) mass is 313 g/mol. The summed E-state index contributed by atoms with van der Waals surface area (Å²) in [5.74, 6) is 0.113. The number of aliphatic hydroxyl groups excluding tert-OH is 1. The van der Waals surface area contributed by atoms with Crippen molar-refractivity contribution in [3.05, 3.63) is 23.7 Å². The lowest BCUT2D eigenvalue weighted by Gasteiger charge is -2.22. The molecule has 0 aromatic carbocycles. The Hall–Kier alpha value is -2.46. The van der Waals surface area contributed by atoms with Crippen LogP contribution in [0.25, 0.3) is 11.2 Å².